The predicted octanol–water partition coefficient (Wildman–Crippen LogP) is 3.43. The second-order valence-corrected chi connectivity index (χ2v) is 9.03. The van der Waals surface area contributed by atoms with E-state index in [2.05, 4.69) is 4.72 Å². The van der Waals surface area contributed by atoms with Crippen molar-refractivity contribution in [1.82, 2.24) is 4.72 Å². The number of carbonyl (C=O) groups excluding carboxylic acids is 1. The number of rotatable bonds is 7. The molecule has 2 heterocycles. The summed E-state index contributed by atoms with van der Waals surface area (Å²) in [5, 5.41) is 12.4. The van der Waals surface area contributed by atoms with Crippen LogP contribution in [0, 0.1) is 10.1 Å². The number of thiophene rings is 2. The van der Waals surface area contributed by atoms with E-state index in [-0.39, 0.29) is 22.9 Å². The van der Waals surface area contributed by atoms with Crippen molar-refractivity contribution in [2.75, 3.05) is 0 Å². The summed E-state index contributed by atoms with van der Waals surface area (Å²) >= 11 is 2.57. The standard InChI is InChI=1S/C16H12N2O5S3/c19-16(14-2-1-9-24-14)15-8-5-12(25-15)10-17-26(22,23)13-6-3-11(4-7-13)18(20)21/h1-9,17H,10H2. The van der Waals surface area contributed by atoms with Gasteiger partial charge in [0.15, 0.2) is 0 Å². The quantitative estimate of drug-likeness (QED) is 0.366. The molecule has 0 aliphatic rings. The lowest BCUT2D eigenvalue weighted by Crippen LogP contribution is -2.22. The summed E-state index contributed by atoms with van der Waals surface area (Å²) in [5.74, 6) is -0.0884. The number of nitrogens with one attached hydrogen (secondary N) is 1. The van der Waals surface area contributed by atoms with Crippen LogP contribution in [-0.2, 0) is 16.6 Å². The average Bonchev–Trinajstić information content (AvgIpc) is 3.31. The molecule has 0 amide bonds. The molecule has 134 valence electrons. The van der Waals surface area contributed by atoms with Crippen molar-refractivity contribution in [1.29, 1.82) is 0 Å². The Morgan fingerprint density at radius 3 is 2.42 bits per heavy atom. The minimum absolute atomic E-state index is 0.0295. The Hall–Kier alpha value is -2.40. The Morgan fingerprint density at radius 2 is 1.81 bits per heavy atom. The van der Waals surface area contributed by atoms with Crippen LogP contribution in [0.15, 0.2) is 58.8 Å². The number of carbonyl (C=O) groups is 1. The summed E-state index contributed by atoms with van der Waals surface area (Å²) in [4.78, 5) is 24.1. The number of benzene rings is 1. The summed E-state index contributed by atoms with van der Waals surface area (Å²) in [6.07, 6.45) is 0. The predicted molar refractivity (Wildman–Crippen MR) is 99.2 cm³/mol. The lowest BCUT2D eigenvalue weighted by molar-refractivity contribution is -0.384. The van der Waals surface area contributed by atoms with Gasteiger partial charge in [0.25, 0.3) is 5.69 Å². The van der Waals surface area contributed by atoms with E-state index in [1.165, 1.54) is 34.8 Å². The van der Waals surface area contributed by atoms with Crippen molar-refractivity contribution in [3.63, 3.8) is 0 Å². The van der Waals surface area contributed by atoms with Gasteiger partial charge in [0.2, 0.25) is 15.8 Å². The number of sulfonamides is 1. The van der Waals surface area contributed by atoms with Gasteiger partial charge < -0.3 is 0 Å². The first kappa shape index (κ1) is 18.4. The van der Waals surface area contributed by atoms with E-state index in [1.54, 1.807) is 24.3 Å². The third-order valence-electron chi connectivity index (χ3n) is 3.42. The van der Waals surface area contributed by atoms with E-state index in [4.69, 9.17) is 0 Å². The molecule has 3 aromatic rings. The Bertz CT molecular complexity index is 1040. The summed E-state index contributed by atoms with van der Waals surface area (Å²) in [6.45, 7) is 0.0295. The van der Waals surface area contributed by atoms with Gasteiger partial charge >= 0.3 is 0 Å². The van der Waals surface area contributed by atoms with Crippen LogP contribution >= 0.6 is 22.7 Å². The van der Waals surface area contributed by atoms with Gasteiger partial charge in [-0.15, -0.1) is 22.7 Å². The third-order valence-corrected chi connectivity index (χ3v) is 6.79. The van der Waals surface area contributed by atoms with Gasteiger partial charge in [0.1, 0.15) is 0 Å². The molecule has 26 heavy (non-hydrogen) atoms. The van der Waals surface area contributed by atoms with Crippen molar-refractivity contribution in [3.8, 4) is 0 Å². The molecule has 0 saturated heterocycles. The minimum atomic E-state index is -3.80. The van der Waals surface area contributed by atoms with Crippen LogP contribution in [0.5, 0.6) is 0 Å². The highest BCUT2D eigenvalue weighted by Crippen LogP contribution is 2.23. The second-order valence-electron chi connectivity index (χ2n) is 5.15. The van der Waals surface area contributed by atoms with Crippen LogP contribution in [-0.4, -0.2) is 19.1 Å². The normalized spacial score (nSPS) is 11.4. The van der Waals surface area contributed by atoms with E-state index in [0.29, 0.717) is 14.6 Å². The zero-order valence-corrected chi connectivity index (χ0v) is 15.6. The first-order valence-electron chi connectivity index (χ1n) is 7.28. The third kappa shape index (κ3) is 4.05. The first-order valence-corrected chi connectivity index (χ1v) is 10.5. The zero-order chi connectivity index (χ0) is 18.7. The van der Waals surface area contributed by atoms with Crippen molar-refractivity contribution in [2.24, 2.45) is 0 Å². The number of non-ortho nitro benzene ring substituents is 1. The van der Waals surface area contributed by atoms with Gasteiger partial charge in [-0.25, -0.2) is 13.1 Å². The molecule has 0 aliphatic heterocycles. The molecule has 0 saturated carbocycles. The van der Waals surface area contributed by atoms with E-state index < -0.39 is 14.9 Å². The monoisotopic (exact) mass is 408 g/mol. The van der Waals surface area contributed by atoms with Crippen molar-refractivity contribution in [3.05, 3.63) is 78.7 Å². The molecule has 3 rings (SSSR count). The smallest absolute Gasteiger partial charge is 0.269 e. The first-order chi connectivity index (χ1) is 12.4. The molecular formula is C16H12N2O5S3. The Morgan fingerprint density at radius 1 is 1.08 bits per heavy atom. The van der Waals surface area contributed by atoms with Gasteiger partial charge in [-0.3, -0.25) is 14.9 Å². The summed E-state index contributed by atoms with van der Waals surface area (Å²) < 4.78 is 27.0. The van der Waals surface area contributed by atoms with E-state index >= 15 is 0 Å². The van der Waals surface area contributed by atoms with Crippen LogP contribution in [0.2, 0.25) is 0 Å². The summed E-state index contributed by atoms with van der Waals surface area (Å²) in [7, 11) is -3.80. The SMILES string of the molecule is O=C(c1cccs1)c1ccc(CNS(=O)(=O)c2ccc([N+](=O)[O-])cc2)s1. The highest BCUT2D eigenvalue weighted by Gasteiger charge is 2.17. The Kier molecular flexibility index (Phi) is 5.28. The van der Waals surface area contributed by atoms with E-state index in [0.717, 1.165) is 12.1 Å². The van der Waals surface area contributed by atoms with Crippen LogP contribution in [0.4, 0.5) is 5.69 Å². The Labute approximate surface area is 157 Å². The number of nitrogens with zero attached hydrogens (tertiary/aromatic N) is 1. The Balaban J connectivity index is 1.68. The molecule has 10 heteroatoms. The van der Waals surface area contributed by atoms with Crippen LogP contribution < -0.4 is 4.72 Å². The second kappa shape index (κ2) is 7.46. The van der Waals surface area contributed by atoms with Crippen molar-refractivity contribution >= 4 is 44.2 Å². The lowest BCUT2D eigenvalue weighted by Gasteiger charge is -2.05. The highest BCUT2D eigenvalue weighted by atomic mass is 32.2. The van der Waals surface area contributed by atoms with Crippen molar-refractivity contribution in [2.45, 2.75) is 11.4 Å². The molecule has 1 N–H and O–H groups in total. The molecule has 1 aromatic carbocycles. The maximum Gasteiger partial charge on any atom is 0.269 e. The van der Waals surface area contributed by atoms with E-state index in [9.17, 15) is 23.3 Å². The topological polar surface area (TPSA) is 106 Å². The van der Waals surface area contributed by atoms with E-state index in [1.807, 2.05) is 5.38 Å². The summed E-state index contributed by atoms with van der Waals surface area (Å²) in [6, 6.07) is 11.5. The zero-order valence-electron chi connectivity index (χ0n) is 13.1. The molecule has 0 unspecified atom stereocenters. The lowest BCUT2D eigenvalue weighted by atomic mass is 10.3. The van der Waals surface area contributed by atoms with Crippen molar-refractivity contribution < 1.29 is 18.1 Å². The number of ketones is 1. The molecule has 2 aromatic heterocycles. The molecule has 7 nitrogen and oxygen atoms in total. The average molecular weight is 408 g/mol. The number of nitro benzene ring substituents is 1. The fourth-order valence-corrected chi connectivity index (χ4v) is 4.86. The van der Waals surface area contributed by atoms with Crippen LogP contribution in [0.3, 0.4) is 0 Å². The van der Waals surface area contributed by atoms with Gasteiger partial charge in [-0.05, 0) is 35.7 Å². The molecular weight excluding hydrogens is 396 g/mol. The maximum absolute atomic E-state index is 12.3. The molecule has 0 fully saturated rings. The molecule has 0 radical (unpaired) electrons. The fourth-order valence-electron chi connectivity index (χ4n) is 2.12. The van der Waals surface area contributed by atoms with Gasteiger partial charge in [-0.2, -0.15) is 0 Å². The van der Waals surface area contributed by atoms with Gasteiger partial charge in [0, 0.05) is 23.6 Å². The van der Waals surface area contributed by atoms with Gasteiger partial charge in [-0.1, -0.05) is 6.07 Å². The van der Waals surface area contributed by atoms with Crippen LogP contribution in [0.25, 0.3) is 0 Å². The molecule has 0 aliphatic carbocycles. The largest absolute Gasteiger partial charge is 0.287 e. The number of nitro groups is 1. The minimum Gasteiger partial charge on any atom is -0.287 e. The molecule has 0 spiro atoms. The molecule has 0 bridgehead atoms. The van der Waals surface area contributed by atoms with Crippen LogP contribution in [0.1, 0.15) is 19.4 Å². The maximum atomic E-state index is 12.3. The number of hydrogen-bond acceptors (Lipinski definition) is 7. The number of hydrogen-bond donors (Lipinski definition) is 1. The summed E-state index contributed by atoms with van der Waals surface area (Å²) in [5.41, 5.74) is -0.182. The van der Waals surface area contributed by atoms with Gasteiger partial charge in [0.05, 0.1) is 19.6 Å². The highest BCUT2D eigenvalue weighted by molar-refractivity contribution is 7.89. The fraction of sp³-hybridized carbons (Fsp3) is 0.0625. The molecule has 0 atom stereocenters.